The van der Waals surface area contributed by atoms with Crippen molar-refractivity contribution in [2.75, 3.05) is 17.2 Å². The van der Waals surface area contributed by atoms with Crippen molar-refractivity contribution < 1.29 is 32.6 Å². The van der Waals surface area contributed by atoms with E-state index in [4.69, 9.17) is 14.6 Å². The predicted molar refractivity (Wildman–Crippen MR) is 174 cm³/mol. The summed E-state index contributed by atoms with van der Waals surface area (Å²) in [5.41, 5.74) is 0.103. The Balaban J connectivity index is 0.000000788. The van der Waals surface area contributed by atoms with Crippen molar-refractivity contribution in [1.29, 1.82) is 10.7 Å². The zero-order valence-electron chi connectivity index (χ0n) is 24.5. The van der Waals surface area contributed by atoms with Crippen LogP contribution in [0.15, 0.2) is 24.3 Å². The Kier molecular flexibility index (Phi) is 14.4. The monoisotopic (exact) mass is 654 g/mol. The summed E-state index contributed by atoms with van der Waals surface area (Å²) in [5.74, 6) is -2.13. The van der Waals surface area contributed by atoms with Crippen LogP contribution in [0.5, 0.6) is 0 Å². The summed E-state index contributed by atoms with van der Waals surface area (Å²) in [7, 11) is -1.96. The highest BCUT2D eigenvalue weighted by molar-refractivity contribution is 6.69. The molecule has 0 saturated heterocycles. The molecule has 4 rings (SSSR count). The second kappa shape index (κ2) is 15.6. The molecule has 0 aliphatic heterocycles. The standard InChI is InChI=1S/C15H19FN2O2Si.C14H17FN2O3.2CH4.ClH/c1-10(19)18-14-7-11-5-6-15(9-17,20-21(2,3)4)12(11)8-13(14)16;1-3-20-13(16)14(19)5-4-9-6-12(17-8(2)18)11(15)7-10(9)14;;;/h7-8H,5-6H2,1-4H3,(H,18,19);6-7,16,19H,3-5H2,1-2H3,(H,17,18);2*1H4;1H. The zero-order valence-corrected chi connectivity index (χ0v) is 26.4. The number of amides is 2. The summed E-state index contributed by atoms with van der Waals surface area (Å²) < 4.78 is 39.2. The van der Waals surface area contributed by atoms with Crippen LogP contribution in [-0.4, -0.2) is 37.7 Å². The van der Waals surface area contributed by atoms with E-state index in [1.165, 1.54) is 32.0 Å². The largest absolute Gasteiger partial charge is 0.479 e. The van der Waals surface area contributed by atoms with Crippen molar-refractivity contribution in [1.82, 2.24) is 0 Å². The number of fused-ring (bicyclic) bond motifs is 2. The number of nitriles is 1. The first-order valence-corrected chi connectivity index (χ1v) is 16.7. The second-order valence-electron chi connectivity index (χ2n) is 11.1. The lowest BCUT2D eigenvalue weighted by Crippen LogP contribution is -2.38. The molecule has 2 aromatic carbocycles. The van der Waals surface area contributed by atoms with Gasteiger partial charge in [0, 0.05) is 19.4 Å². The normalized spacial score (nSPS) is 19.2. The number of benzene rings is 2. The van der Waals surface area contributed by atoms with E-state index in [-0.39, 0.29) is 69.4 Å². The minimum atomic E-state index is -1.96. The van der Waals surface area contributed by atoms with Gasteiger partial charge in [-0.05, 0) is 93.2 Å². The quantitative estimate of drug-likeness (QED) is 0.151. The number of ether oxygens (including phenoxy) is 1. The molecule has 2 aromatic rings. The number of anilines is 2. The first kappa shape index (κ1) is 40.6. The Morgan fingerprint density at radius 2 is 1.43 bits per heavy atom. The van der Waals surface area contributed by atoms with Gasteiger partial charge >= 0.3 is 0 Å². The number of aryl methyl sites for hydroxylation is 2. The highest BCUT2D eigenvalue weighted by Gasteiger charge is 2.44. The predicted octanol–water partition coefficient (Wildman–Crippen LogP) is 6.93. The first-order chi connectivity index (χ1) is 19.0. The lowest BCUT2D eigenvalue weighted by Gasteiger charge is -2.31. The van der Waals surface area contributed by atoms with Gasteiger partial charge in [0.15, 0.2) is 19.5 Å². The van der Waals surface area contributed by atoms with Crippen LogP contribution < -0.4 is 10.6 Å². The summed E-state index contributed by atoms with van der Waals surface area (Å²) in [6.45, 7) is 10.6. The number of nitrogens with one attached hydrogen (secondary N) is 3. The van der Waals surface area contributed by atoms with Gasteiger partial charge in [0.1, 0.15) is 17.7 Å². The fourth-order valence-corrected chi connectivity index (χ4v) is 6.45. The van der Waals surface area contributed by atoms with Gasteiger partial charge in [0.25, 0.3) is 0 Å². The van der Waals surface area contributed by atoms with Crippen LogP contribution in [0.4, 0.5) is 20.2 Å². The fourth-order valence-electron chi connectivity index (χ4n) is 5.14. The minimum absolute atomic E-state index is 0. The number of halogens is 3. The van der Waals surface area contributed by atoms with Crippen molar-refractivity contribution >= 4 is 49.8 Å². The maximum atomic E-state index is 14.1. The van der Waals surface area contributed by atoms with Gasteiger partial charge in [0.2, 0.25) is 17.7 Å². The molecule has 0 spiro atoms. The van der Waals surface area contributed by atoms with Crippen molar-refractivity contribution in [3.8, 4) is 6.07 Å². The van der Waals surface area contributed by atoms with E-state index in [0.717, 1.165) is 5.56 Å². The van der Waals surface area contributed by atoms with Gasteiger partial charge in [-0.25, -0.2) is 8.78 Å². The molecule has 2 aliphatic carbocycles. The van der Waals surface area contributed by atoms with Crippen LogP contribution in [0.3, 0.4) is 0 Å². The Hall–Kier alpha value is -3.37. The van der Waals surface area contributed by atoms with Crippen LogP contribution in [0.1, 0.15) is 70.7 Å². The van der Waals surface area contributed by atoms with E-state index in [1.54, 1.807) is 13.0 Å². The van der Waals surface area contributed by atoms with Crippen molar-refractivity contribution in [2.24, 2.45) is 0 Å². The number of rotatable bonds is 6. The third-order valence-corrected chi connectivity index (χ3v) is 7.68. The first-order valence-electron chi connectivity index (χ1n) is 13.3. The molecule has 2 amide bonds. The van der Waals surface area contributed by atoms with E-state index in [1.807, 2.05) is 19.6 Å². The zero-order chi connectivity index (χ0) is 30.8. The Labute approximate surface area is 266 Å². The van der Waals surface area contributed by atoms with E-state index >= 15 is 0 Å². The smallest absolute Gasteiger partial charge is 0.221 e. The third-order valence-electron chi connectivity index (χ3n) is 6.72. The highest BCUT2D eigenvalue weighted by Crippen LogP contribution is 2.43. The molecule has 2 aliphatic rings. The molecule has 244 valence electrons. The molecule has 44 heavy (non-hydrogen) atoms. The van der Waals surface area contributed by atoms with E-state index in [2.05, 4.69) is 16.7 Å². The van der Waals surface area contributed by atoms with Crippen LogP contribution in [0.25, 0.3) is 0 Å². The van der Waals surface area contributed by atoms with Gasteiger partial charge in [-0.1, -0.05) is 14.9 Å². The third kappa shape index (κ3) is 8.85. The molecular formula is C31H45ClF2N4O5Si. The summed E-state index contributed by atoms with van der Waals surface area (Å²) in [5, 5.41) is 32.8. The maximum Gasteiger partial charge on any atom is 0.221 e. The lowest BCUT2D eigenvalue weighted by atomic mass is 9.95. The Morgan fingerprint density at radius 3 is 1.86 bits per heavy atom. The highest BCUT2D eigenvalue weighted by atomic mass is 35.5. The van der Waals surface area contributed by atoms with E-state index in [9.17, 15) is 28.7 Å². The molecule has 0 radical (unpaired) electrons. The number of aliphatic hydroxyl groups is 1. The topological polar surface area (TPSA) is 145 Å². The lowest BCUT2D eigenvalue weighted by molar-refractivity contribution is -0.115. The Bertz CT molecular complexity index is 1430. The number of carbonyl (C=O) groups excluding carboxylic acids is 2. The molecular weight excluding hydrogens is 610 g/mol. The van der Waals surface area contributed by atoms with Gasteiger partial charge in [-0.3, -0.25) is 15.0 Å². The van der Waals surface area contributed by atoms with E-state index < -0.39 is 31.2 Å². The van der Waals surface area contributed by atoms with Crippen molar-refractivity contribution in [2.45, 2.75) is 92.2 Å². The molecule has 0 heterocycles. The summed E-state index contributed by atoms with van der Waals surface area (Å²) in [4.78, 5) is 22.1. The van der Waals surface area contributed by atoms with Crippen LogP contribution in [0, 0.1) is 28.4 Å². The fraction of sp³-hybridized carbons (Fsp3) is 0.484. The summed E-state index contributed by atoms with van der Waals surface area (Å²) in [6.07, 6.45) is 1.92. The average Bonchev–Trinajstić information content (AvgIpc) is 3.37. The van der Waals surface area contributed by atoms with Crippen LogP contribution in [0.2, 0.25) is 19.6 Å². The number of hydrogen-bond donors (Lipinski definition) is 4. The molecule has 2 atom stereocenters. The second-order valence-corrected chi connectivity index (χ2v) is 15.5. The molecule has 2 unspecified atom stereocenters. The molecule has 0 fully saturated rings. The number of hydrogen-bond acceptors (Lipinski definition) is 7. The molecule has 4 N–H and O–H groups in total. The molecule has 0 bridgehead atoms. The van der Waals surface area contributed by atoms with Crippen molar-refractivity contribution in [3.05, 3.63) is 58.2 Å². The van der Waals surface area contributed by atoms with Gasteiger partial charge in [-0.2, -0.15) is 5.26 Å². The minimum Gasteiger partial charge on any atom is -0.479 e. The Morgan fingerprint density at radius 1 is 0.977 bits per heavy atom. The van der Waals surface area contributed by atoms with Crippen LogP contribution >= 0.6 is 12.4 Å². The summed E-state index contributed by atoms with van der Waals surface area (Å²) in [6, 6.07) is 7.85. The number of nitrogens with zero attached hydrogens (tertiary/aromatic N) is 1. The molecule has 13 heteroatoms. The SMILES string of the molecule is C.C.CC(=O)Nc1cc2c(cc1F)C(C#N)(O[Si](C)(C)C)CC2.CCOC(=N)C1(O)CCc2cc(NC(C)=O)c(F)cc21.Cl. The van der Waals surface area contributed by atoms with Gasteiger partial charge < -0.3 is 24.9 Å². The van der Waals surface area contributed by atoms with Crippen LogP contribution in [-0.2, 0) is 42.8 Å². The molecule has 0 saturated carbocycles. The maximum absolute atomic E-state index is 14.1. The van der Waals surface area contributed by atoms with E-state index in [0.29, 0.717) is 36.0 Å². The number of carbonyl (C=O) groups is 2. The average molecular weight is 655 g/mol. The molecule has 0 aromatic heterocycles. The molecule has 9 nitrogen and oxygen atoms in total. The van der Waals surface area contributed by atoms with Gasteiger partial charge in [0.05, 0.1) is 18.0 Å². The van der Waals surface area contributed by atoms with Gasteiger partial charge in [-0.15, -0.1) is 12.4 Å². The summed E-state index contributed by atoms with van der Waals surface area (Å²) >= 11 is 0. The van der Waals surface area contributed by atoms with Crippen molar-refractivity contribution in [3.63, 3.8) is 0 Å².